The molecule has 0 bridgehead atoms. The maximum Gasteiger partial charge on any atom is 0.281 e. The Morgan fingerprint density at radius 2 is 2.60 bits per heavy atom. The SMILES string of the molecule is Cc1nsc(C(=O)NCC2CCCO2)n1. The molecule has 2 heterocycles. The predicted molar refractivity (Wildman–Crippen MR) is 56.0 cm³/mol. The van der Waals surface area contributed by atoms with Crippen molar-refractivity contribution in [2.24, 2.45) is 0 Å². The van der Waals surface area contributed by atoms with Gasteiger partial charge in [0.05, 0.1) is 6.10 Å². The molecule has 1 amide bonds. The Hall–Kier alpha value is -1.01. The molecule has 0 radical (unpaired) electrons. The minimum absolute atomic E-state index is 0.156. The minimum atomic E-state index is -0.156. The number of aryl methyl sites for hydroxylation is 1. The van der Waals surface area contributed by atoms with E-state index >= 15 is 0 Å². The summed E-state index contributed by atoms with van der Waals surface area (Å²) < 4.78 is 9.35. The average molecular weight is 227 g/mol. The van der Waals surface area contributed by atoms with Gasteiger partial charge in [0.25, 0.3) is 5.91 Å². The normalized spacial score (nSPS) is 20.5. The highest BCUT2D eigenvalue weighted by Crippen LogP contribution is 2.11. The van der Waals surface area contributed by atoms with Crippen molar-refractivity contribution in [2.45, 2.75) is 25.9 Å². The highest BCUT2D eigenvalue weighted by molar-refractivity contribution is 7.07. The molecule has 1 aliphatic rings. The van der Waals surface area contributed by atoms with Crippen LogP contribution in [0.25, 0.3) is 0 Å². The van der Waals surface area contributed by atoms with Gasteiger partial charge in [-0.25, -0.2) is 4.98 Å². The Morgan fingerprint density at radius 3 is 3.20 bits per heavy atom. The van der Waals surface area contributed by atoms with Crippen LogP contribution in [0.3, 0.4) is 0 Å². The molecule has 1 aromatic heterocycles. The van der Waals surface area contributed by atoms with E-state index < -0.39 is 0 Å². The van der Waals surface area contributed by atoms with Gasteiger partial charge in [-0.1, -0.05) is 0 Å². The lowest BCUT2D eigenvalue weighted by Crippen LogP contribution is -2.31. The molecule has 0 aromatic carbocycles. The minimum Gasteiger partial charge on any atom is -0.376 e. The molecule has 1 aromatic rings. The summed E-state index contributed by atoms with van der Waals surface area (Å²) >= 11 is 1.13. The molecule has 1 N–H and O–H groups in total. The van der Waals surface area contributed by atoms with Crippen molar-refractivity contribution in [2.75, 3.05) is 13.2 Å². The number of hydrogen-bond acceptors (Lipinski definition) is 5. The van der Waals surface area contributed by atoms with Gasteiger partial charge in [-0.2, -0.15) is 4.37 Å². The number of nitrogens with one attached hydrogen (secondary N) is 1. The molecule has 0 saturated carbocycles. The van der Waals surface area contributed by atoms with E-state index in [1.165, 1.54) is 0 Å². The number of aromatic nitrogens is 2. The maximum absolute atomic E-state index is 11.6. The molecule has 1 aliphatic heterocycles. The van der Waals surface area contributed by atoms with Gasteiger partial charge in [0.1, 0.15) is 5.82 Å². The second-order valence-electron chi connectivity index (χ2n) is 3.49. The summed E-state index contributed by atoms with van der Waals surface area (Å²) in [6, 6.07) is 0. The molecule has 5 nitrogen and oxygen atoms in total. The quantitative estimate of drug-likeness (QED) is 0.827. The van der Waals surface area contributed by atoms with Crippen LogP contribution in [0.15, 0.2) is 0 Å². The average Bonchev–Trinajstić information content (AvgIpc) is 2.84. The lowest BCUT2D eigenvalue weighted by molar-refractivity contribution is 0.0857. The Labute approximate surface area is 92.0 Å². The summed E-state index contributed by atoms with van der Waals surface area (Å²) in [6.07, 6.45) is 2.27. The zero-order valence-corrected chi connectivity index (χ0v) is 9.34. The predicted octanol–water partition coefficient (Wildman–Crippen LogP) is 0.755. The topological polar surface area (TPSA) is 64.1 Å². The van der Waals surface area contributed by atoms with Crippen molar-refractivity contribution in [3.8, 4) is 0 Å². The summed E-state index contributed by atoms with van der Waals surface area (Å²) in [5, 5.41) is 3.22. The number of amides is 1. The molecular formula is C9H13N3O2S. The summed E-state index contributed by atoms with van der Waals surface area (Å²) in [7, 11) is 0. The molecule has 6 heteroatoms. The van der Waals surface area contributed by atoms with Gasteiger partial charge in [0.2, 0.25) is 5.01 Å². The van der Waals surface area contributed by atoms with Crippen molar-refractivity contribution >= 4 is 17.4 Å². The standard InChI is InChI=1S/C9H13N3O2S/c1-6-11-9(15-12-6)8(13)10-5-7-3-2-4-14-7/h7H,2-5H2,1H3,(H,10,13). The maximum atomic E-state index is 11.6. The molecule has 1 fully saturated rings. The summed E-state index contributed by atoms with van der Waals surface area (Å²) in [6.45, 7) is 3.14. The van der Waals surface area contributed by atoms with Gasteiger partial charge >= 0.3 is 0 Å². The van der Waals surface area contributed by atoms with E-state index in [9.17, 15) is 4.79 Å². The van der Waals surface area contributed by atoms with E-state index in [4.69, 9.17) is 4.74 Å². The highest BCUT2D eigenvalue weighted by atomic mass is 32.1. The van der Waals surface area contributed by atoms with Crippen LogP contribution in [0.1, 0.15) is 28.5 Å². The zero-order chi connectivity index (χ0) is 10.7. The molecule has 0 spiro atoms. The van der Waals surface area contributed by atoms with E-state index in [0.717, 1.165) is 31.0 Å². The van der Waals surface area contributed by atoms with Crippen LogP contribution in [0.2, 0.25) is 0 Å². The number of rotatable bonds is 3. The van der Waals surface area contributed by atoms with Gasteiger partial charge in [0, 0.05) is 13.2 Å². The molecule has 2 rings (SSSR count). The van der Waals surface area contributed by atoms with E-state index in [2.05, 4.69) is 14.7 Å². The Balaban J connectivity index is 1.81. The fourth-order valence-corrected chi connectivity index (χ4v) is 2.06. The lowest BCUT2D eigenvalue weighted by Gasteiger charge is -2.08. The summed E-state index contributed by atoms with van der Waals surface area (Å²) in [5.41, 5.74) is 0. The number of nitrogens with zero attached hydrogens (tertiary/aromatic N) is 2. The van der Waals surface area contributed by atoms with Crippen LogP contribution >= 0.6 is 11.5 Å². The Bertz CT molecular complexity index is 347. The van der Waals surface area contributed by atoms with E-state index in [1.807, 2.05) is 0 Å². The van der Waals surface area contributed by atoms with Gasteiger partial charge in [0.15, 0.2) is 0 Å². The summed E-state index contributed by atoms with van der Waals surface area (Å²) in [4.78, 5) is 15.6. The first kappa shape index (κ1) is 10.5. The van der Waals surface area contributed by atoms with Crippen LogP contribution in [0, 0.1) is 6.92 Å². The van der Waals surface area contributed by atoms with Crippen molar-refractivity contribution in [3.05, 3.63) is 10.8 Å². The fraction of sp³-hybridized carbons (Fsp3) is 0.667. The van der Waals surface area contributed by atoms with Crippen LogP contribution in [-0.4, -0.2) is 34.5 Å². The highest BCUT2D eigenvalue weighted by Gasteiger charge is 2.17. The largest absolute Gasteiger partial charge is 0.376 e. The van der Waals surface area contributed by atoms with Crippen molar-refractivity contribution in [1.82, 2.24) is 14.7 Å². The lowest BCUT2D eigenvalue weighted by atomic mass is 10.2. The molecule has 82 valence electrons. The second kappa shape index (κ2) is 4.67. The van der Waals surface area contributed by atoms with E-state index in [-0.39, 0.29) is 12.0 Å². The number of ether oxygens (including phenoxy) is 1. The third-order valence-electron chi connectivity index (χ3n) is 2.24. The number of carbonyl (C=O) groups is 1. The van der Waals surface area contributed by atoms with Crippen LogP contribution in [0.5, 0.6) is 0 Å². The number of carbonyl (C=O) groups excluding carboxylic acids is 1. The van der Waals surface area contributed by atoms with Crippen LogP contribution in [0.4, 0.5) is 0 Å². The van der Waals surface area contributed by atoms with Gasteiger partial charge in [-0.05, 0) is 31.3 Å². The van der Waals surface area contributed by atoms with Crippen molar-refractivity contribution < 1.29 is 9.53 Å². The second-order valence-corrected chi connectivity index (χ2v) is 4.24. The van der Waals surface area contributed by atoms with Crippen LogP contribution in [-0.2, 0) is 4.74 Å². The molecule has 1 atom stereocenters. The third-order valence-corrected chi connectivity index (χ3v) is 3.04. The number of hydrogen-bond donors (Lipinski definition) is 1. The Kier molecular flexibility index (Phi) is 3.27. The molecule has 0 aliphatic carbocycles. The molecular weight excluding hydrogens is 214 g/mol. The van der Waals surface area contributed by atoms with Crippen LogP contribution < -0.4 is 5.32 Å². The first-order chi connectivity index (χ1) is 7.25. The fourth-order valence-electron chi connectivity index (χ4n) is 1.48. The first-order valence-corrected chi connectivity index (χ1v) is 5.73. The van der Waals surface area contributed by atoms with E-state index in [0.29, 0.717) is 17.4 Å². The molecule has 1 saturated heterocycles. The van der Waals surface area contributed by atoms with Crippen molar-refractivity contribution in [1.29, 1.82) is 0 Å². The molecule has 15 heavy (non-hydrogen) atoms. The Morgan fingerprint density at radius 1 is 1.73 bits per heavy atom. The van der Waals surface area contributed by atoms with Crippen molar-refractivity contribution in [3.63, 3.8) is 0 Å². The molecule has 1 unspecified atom stereocenters. The zero-order valence-electron chi connectivity index (χ0n) is 8.52. The van der Waals surface area contributed by atoms with E-state index in [1.54, 1.807) is 6.92 Å². The van der Waals surface area contributed by atoms with Gasteiger partial charge in [-0.3, -0.25) is 4.79 Å². The van der Waals surface area contributed by atoms with Gasteiger partial charge in [-0.15, -0.1) is 0 Å². The van der Waals surface area contributed by atoms with Gasteiger partial charge < -0.3 is 10.1 Å². The monoisotopic (exact) mass is 227 g/mol. The first-order valence-electron chi connectivity index (χ1n) is 4.96. The summed E-state index contributed by atoms with van der Waals surface area (Å²) in [5.74, 6) is 0.485. The third kappa shape index (κ3) is 2.73. The smallest absolute Gasteiger partial charge is 0.281 e.